The van der Waals surface area contributed by atoms with Crippen LogP contribution >= 0.6 is 23.2 Å². The van der Waals surface area contributed by atoms with Gasteiger partial charge in [-0.2, -0.15) is 0 Å². The van der Waals surface area contributed by atoms with Crippen LogP contribution in [0.3, 0.4) is 0 Å². The van der Waals surface area contributed by atoms with E-state index in [4.69, 9.17) is 23.2 Å². The van der Waals surface area contributed by atoms with Crippen molar-refractivity contribution >= 4 is 34.8 Å². The molecule has 0 heterocycles. The molecule has 4 heteroatoms. The molecule has 0 saturated carbocycles. The lowest BCUT2D eigenvalue weighted by Gasteiger charge is -2.02. The fourth-order valence-electron chi connectivity index (χ4n) is 1.21. The standard InChI is InChI=1S/C12H8Cl2O2/c13-7-5-11(15)9-3-1-2-4-10(9)12(16)6-8-14/h1-8H. The molecule has 0 aliphatic carbocycles. The van der Waals surface area contributed by atoms with Gasteiger partial charge in [0.1, 0.15) is 0 Å². The third kappa shape index (κ3) is 3.05. The summed E-state index contributed by atoms with van der Waals surface area (Å²) >= 11 is 10.6. The van der Waals surface area contributed by atoms with Gasteiger partial charge in [-0.05, 0) is 12.2 Å². The number of hydrogen-bond donors (Lipinski definition) is 0. The lowest BCUT2D eigenvalue weighted by Crippen LogP contribution is -2.05. The molecule has 1 aromatic rings. The fraction of sp³-hybridized carbons (Fsp3) is 0. The third-order valence-corrected chi connectivity index (χ3v) is 2.14. The van der Waals surface area contributed by atoms with Crippen molar-refractivity contribution in [3.63, 3.8) is 0 Å². The number of carbonyl (C=O) groups excluding carboxylic acids is 2. The van der Waals surface area contributed by atoms with E-state index in [-0.39, 0.29) is 11.6 Å². The molecule has 0 atom stereocenters. The van der Waals surface area contributed by atoms with Crippen LogP contribution in [0.15, 0.2) is 47.5 Å². The Morgan fingerprint density at radius 3 is 1.56 bits per heavy atom. The van der Waals surface area contributed by atoms with Gasteiger partial charge in [-0.25, -0.2) is 0 Å². The van der Waals surface area contributed by atoms with Crippen LogP contribution in [0.4, 0.5) is 0 Å². The van der Waals surface area contributed by atoms with Gasteiger partial charge < -0.3 is 0 Å². The molecule has 0 fully saturated rings. The first-order valence-corrected chi connectivity index (χ1v) is 5.29. The van der Waals surface area contributed by atoms with Gasteiger partial charge in [0, 0.05) is 22.2 Å². The van der Waals surface area contributed by atoms with E-state index >= 15 is 0 Å². The maximum atomic E-state index is 11.6. The van der Waals surface area contributed by atoms with E-state index in [1.54, 1.807) is 24.3 Å². The second kappa shape index (κ2) is 6.26. The summed E-state index contributed by atoms with van der Waals surface area (Å²) in [5, 5.41) is 0. The number of rotatable bonds is 4. The number of halogens is 2. The highest BCUT2D eigenvalue weighted by Crippen LogP contribution is 2.12. The molecule has 0 amide bonds. The molecule has 0 spiro atoms. The number of hydrogen-bond acceptors (Lipinski definition) is 2. The van der Waals surface area contributed by atoms with Crippen LogP contribution in [0.2, 0.25) is 0 Å². The predicted octanol–water partition coefficient (Wildman–Crippen LogP) is 3.56. The van der Waals surface area contributed by atoms with Crippen molar-refractivity contribution in [2.24, 2.45) is 0 Å². The monoisotopic (exact) mass is 254 g/mol. The molecule has 0 aliphatic heterocycles. The zero-order valence-electron chi connectivity index (χ0n) is 8.19. The van der Waals surface area contributed by atoms with Crippen LogP contribution in [0, 0.1) is 0 Å². The molecule has 0 unspecified atom stereocenters. The van der Waals surface area contributed by atoms with Gasteiger partial charge in [-0.3, -0.25) is 9.59 Å². The van der Waals surface area contributed by atoms with Gasteiger partial charge in [0.05, 0.1) is 0 Å². The summed E-state index contributed by atoms with van der Waals surface area (Å²) in [6.07, 6.45) is 2.39. The van der Waals surface area contributed by atoms with Crippen molar-refractivity contribution < 1.29 is 9.59 Å². The van der Waals surface area contributed by atoms with Crippen molar-refractivity contribution in [1.29, 1.82) is 0 Å². The van der Waals surface area contributed by atoms with Gasteiger partial charge in [0.15, 0.2) is 11.6 Å². The summed E-state index contributed by atoms with van der Waals surface area (Å²) < 4.78 is 0. The van der Waals surface area contributed by atoms with Crippen molar-refractivity contribution in [3.8, 4) is 0 Å². The van der Waals surface area contributed by atoms with Crippen molar-refractivity contribution in [3.05, 3.63) is 58.6 Å². The van der Waals surface area contributed by atoms with E-state index in [2.05, 4.69) is 0 Å². The minimum Gasteiger partial charge on any atom is -0.289 e. The maximum absolute atomic E-state index is 11.6. The Morgan fingerprint density at radius 1 is 0.875 bits per heavy atom. The van der Waals surface area contributed by atoms with Crippen LogP contribution < -0.4 is 0 Å². The largest absolute Gasteiger partial charge is 0.289 e. The topological polar surface area (TPSA) is 34.1 Å². The summed E-state index contributed by atoms with van der Waals surface area (Å²) in [5.74, 6) is -0.635. The lowest BCUT2D eigenvalue weighted by atomic mass is 10.0. The van der Waals surface area contributed by atoms with Crippen molar-refractivity contribution in [2.75, 3.05) is 0 Å². The Balaban J connectivity index is 3.19. The summed E-state index contributed by atoms with van der Waals surface area (Å²) in [5.41, 5.74) is 2.83. The van der Waals surface area contributed by atoms with Crippen LogP contribution in [0.5, 0.6) is 0 Å². The molecule has 1 rings (SSSR count). The Kier molecular flexibility index (Phi) is 4.96. The maximum Gasteiger partial charge on any atom is 0.187 e. The Hall–Kier alpha value is -1.38. The van der Waals surface area contributed by atoms with E-state index in [1.165, 1.54) is 12.2 Å². The summed E-state index contributed by atoms with van der Waals surface area (Å²) in [6.45, 7) is 0. The first-order chi connectivity index (χ1) is 7.70. The SMILES string of the molecule is O=C(C=CCl)c1ccccc1C(=O)C=CCl. The average Bonchev–Trinajstić information content (AvgIpc) is 2.30. The summed E-state index contributed by atoms with van der Waals surface area (Å²) in [7, 11) is 0. The van der Waals surface area contributed by atoms with E-state index in [0.29, 0.717) is 11.1 Å². The minimum absolute atomic E-state index is 0.305. The number of ketones is 2. The van der Waals surface area contributed by atoms with Crippen LogP contribution in [-0.4, -0.2) is 11.6 Å². The van der Waals surface area contributed by atoms with E-state index in [0.717, 1.165) is 11.1 Å². The van der Waals surface area contributed by atoms with Crippen molar-refractivity contribution in [1.82, 2.24) is 0 Å². The normalized spacial score (nSPS) is 11.1. The zero-order chi connectivity index (χ0) is 12.0. The molecular weight excluding hydrogens is 247 g/mol. The van der Waals surface area contributed by atoms with Crippen LogP contribution in [0.25, 0.3) is 0 Å². The Morgan fingerprint density at radius 2 is 1.25 bits per heavy atom. The van der Waals surface area contributed by atoms with E-state index in [1.807, 2.05) is 0 Å². The van der Waals surface area contributed by atoms with Crippen LogP contribution in [0.1, 0.15) is 20.7 Å². The van der Waals surface area contributed by atoms with E-state index in [9.17, 15) is 9.59 Å². The van der Waals surface area contributed by atoms with Gasteiger partial charge in [-0.15, -0.1) is 0 Å². The number of allylic oxidation sites excluding steroid dienone is 2. The number of benzene rings is 1. The highest BCUT2D eigenvalue weighted by atomic mass is 35.5. The molecule has 0 N–H and O–H groups in total. The predicted molar refractivity (Wildman–Crippen MR) is 65.1 cm³/mol. The summed E-state index contributed by atoms with van der Waals surface area (Å²) in [4.78, 5) is 23.2. The third-order valence-electron chi connectivity index (χ3n) is 1.89. The molecule has 2 nitrogen and oxygen atoms in total. The van der Waals surface area contributed by atoms with Crippen LogP contribution in [-0.2, 0) is 0 Å². The van der Waals surface area contributed by atoms with E-state index < -0.39 is 0 Å². The first kappa shape index (κ1) is 12.7. The Labute approximate surface area is 103 Å². The highest BCUT2D eigenvalue weighted by Gasteiger charge is 2.12. The molecular formula is C12H8Cl2O2. The van der Waals surface area contributed by atoms with Gasteiger partial charge in [-0.1, -0.05) is 47.5 Å². The fourth-order valence-corrected chi connectivity index (χ4v) is 1.44. The second-order valence-corrected chi connectivity index (χ2v) is 3.36. The van der Waals surface area contributed by atoms with Crippen molar-refractivity contribution in [2.45, 2.75) is 0 Å². The molecule has 0 aromatic heterocycles. The zero-order valence-corrected chi connectivity index (χ0v) is 9.70. The molecule has 0 radical (unpaired) electrons. The molecule has 1 aromatic carbocycles. The smallest absolute Gasteiger partial charge is 0.187 e. The highest BCUT2D eigenvalue weighted by molar-refractivity contribution is 6.29. The molecule has 0 bridgehead atoms. The quantitative estimate of drug-likeness (QED) is 0.609. The first-order valence-electron chi connectivity index (χ1n) is 4.42. The minimum atomic E-state index is -0.318. The summed E-state index contributed by atoms with van der Waals surface area (Å²) in [6, 6.07) is 6.48. The van der Waals surface area contributed by atoms with Gasteiger partial charge >= 0.3 is 0 Å². The molecule has 0 saturated heterocycles. The van der Waals surface area contributed by atoms with Gasteiger partial charge in [0.2, 0.25) is 0 Å². The van der Waals surface area contributed by atoms with Gasteiger partial charge in [0.25, 0.3) is 0 Å². The number of carbonyl (C=O) groups is 2. The molecule has 82 valence electrons. The second-order valence-electron chi connectivity index (χ2n) is 2.86. The Bertz CT molecular complexity index is 419. The molecule has 0 aliphatic rings. The molecule has 16 heavy (non-hydrogen) atoms. The average molecular weight is 255 g/mol. The lowest BCUT2D eigenvalue weighted by molar-refractivity contribution is 0.101.